The fourth-order valence-electron chi connectivity index (χ4n) is 2.24. The highest BCUT2D eigenvalue weighted by molar-refractivity contribution is 5.93. The van der Waals surface area contributed by atoms with Gasteiger partial charge in [-0.15, -0.1) is 0 Å². The average molecular weight is 292 g/mol. The molecule has 1 aromatic carbocycles. The highest BCUT2D eigenvalue weighted by atomic mass is 16.5. The molecule has 0 aliphatic carbocycles. The van der Waals surface area contributed by atoms with Gasteiger partial charge in [0.25, 0.3) is 5.91 Å². The maximum absolute atomic E-state index is 12.1. The summed E-state index contributed by atoms with van der Waals surface area (Å²) in [6.07, 6.45) is 1.56. The van der Waals surface area contributed by atoms with E-state index in [4.69, 9.17) is 15.2 Å². The second-order valence-electron chi connectivity index (χ2n) is 5.42. The van der Waals surface area contributed by atoms with Crippen molar-refractivity contribution < 1.29 is 14.3 Å². The van der Waals surface area contributed by atoms with Gasteiger partial charge in [-0.05, 0) is 43.4 Å². The van der Waals surface area contributed by atoms with Gasteiger partial charge in [0.2, 0.25) is 0 Å². The Morgan fingerprint density at radius 3 is 2.67 bits per heavy atom. The molecule has 1 aliphatic heterocycles. The first-order chi connectivity index (χ1) is 10.2. The zero-order valence-electron chi connectivity index (χ0n) is 12.5. The molecule has 1 aliphatic rings. The van der Waals surface area contributed by atoms with E-state index in [9.17, 15) is 4.79 Å². The van der Waals surface area contributed by atoms with E-state index in [0.29, 0.717) is 19.1 Å². The molecule has 0 spiro atoms. The van der Waals surface area contributed by atoms with Crippen molar-refractivity contribution >= 4 is 11.6 Å². The first-order valence-electron chi connectivity index (χ1n) is 7.48. The Bertz CT molecular complexity index is 441. The van der Waals surface area contributed by atoms with Crippen LogP contribution in [0.2, 0.25) is 0 Å². The monoisotopic (exact) mass is 292 g/mol. The van der Waals surface area contributed by atoms with Crippen LogP contribution in [0.15, 0.2) is 24.3 Å². The third-order valence-electron chi connectivity index (χ3n) is 3.75. The lowest BCUT2D eigenvalue weighted by Gasteiger charge is -2.23. The lowest BCUT2D eigenvalue weighted by molar-refractivity contribution is -0.127. The highest BCUT2D eigenvalue weighted by Gasteiger charge is 2.18. The number of carbonyl (C=O) groups excluding carboxylic acids is 1. The molecule has 116 valence electrons. The zero-order valence-corrected chi connectivity index (χ0v) is 12.5. The minimum atomic E-state index is -0.456. The molecule has 5 nitrogen and oxygen atoms in total. The summed E-state index contributed by atoms with van der Waals surface area (Å²) in [4.78, 5) is 12.1. The number of carbonyl (C=O) groups is 1. The quantitative estimate of drug-likeness (QED) is 0.840. The number of anilines is 1. The van der Waals surface area contributed by atoms with Crippen molar-refractivity contribution in [3.8, 4) is 0 Å². The van der Waals surface area contributed by atoms with Crippen molar-refractivity contribution in [2.75, 3.05) is 25.1 Å². The highest BCUT2D eigenvalue weighted by Crippen LogP contribution is 2.16. The van der Waals surface area contributed by atoms with E-state index in [1.54, 1.807) is 6.92 Å². The molecule has 21 heavy (non-hydrogen) atoms. The van der Waals surface area contributed by atoms with Crippen LogP contribution in [0.4, 0.5) is 5.69 Å². The van der Waals surface area contributed by atoms with E-state index in [2.05, 4.69) is 5.32 Å². The molecular formula is C16H24N2O3. The summed E-state index contributed by atoms with van der Waals surface area (Å²) in [5, 5.41) is 2.85. The van der Waals surface area contributed by atoms with E-state index < -0.39 is 6.10 Å². The van der Waals surface area contributed by atoms with Gasteiger partial charge in [0.1, 0.15) is 6.10 Å². The van der Waals surface area contributed by atoms with Crippen molar-refractivity contribution in [2.45, 2.75) is 32.4 Å². The first kappa shape index (κ1) is 15.9. The smallest absolute Gasteiger partial charge is 0.253 e. The third kappa shape index (κ3) is 5.12. The van der Waals surface area contributed by atoms with Gasteiger partial charge >= 0.3 is 0 Å². The van der Waals surface area contributed by atoms with Crippen molar-refractivity contribution in [1.82, 2.24) is 0 Å². The molecule has 0 bridgehead atoms. The summed E-state index contributed by atoms with van der Waals surface area (Å²) in [6.45, 7) is 4.48. The lowest BCUT2D eigenvalue weighted by Crippen LogP contribution is -2.30. The molecule has 1 fully saturated rings. The number of ether oxygens (including phenoxy) is 2. The molecule has 1 amide bonds. The van der Waals surface area contributed by atoms with Crippen molar-refractivity contribution in [1.29, 1.82) is 0 Å². The minimum Gasteiger partial charge on any atom is -0.381 e. The third-order valence-corrected chi connectivity index (χ3v) is 3.75. The number of nitrogens with one attached hydrogen (secondary N) is 1. The van der Waals surface area contributed by atoms with E-state index in [1.807, 2.05) is 24.3 Å². The Morgan fingerprint density at radius 1 is 1.38 bits per heavy atom. The Hall–Kier alpha value is -1.43. The Kier molecular flexibility index (Phi) is 6.17. The van der Waals surface area contributed by atoms with Crippen molar-refractivity contribution in [3.05, 3.63) is 29.8 Å². The Balaban J connectivity index is 1.75. The maximum Gasteiger partial charge on any atom is 0.253 e. The van der Waals surface area contributed by atoms with Crippen LogP contribution in [0.5, 0.6) is 0 Å². The number of hydrogen-bond donors (Lipinski definition) is 2. The number of benzene rings is 1. The molecule has 3 N–H and O–H groups in total. The molecule has 0 radical (unpaired) electrons. The standard InChI is InChI=1S/C16H24N2O3/c1-12(21-11-14-6-8-20-9-7-14)16(19)18-15-4-2-13(10-17)3-5-15/h2-5,12,14H,6-11,17H2,1H3,(H,18,19). The first-order valence-corrected chi connectivity index (χ1v) is 7.48. The summed E-state index contributed by atoms with van der Waals surface area (Å²) in [7, 11) is 0. The SMILES string of the molecule is CC(OCC1CCOCC1)C(=O)Nc1ccc(CN)cc1. The van der Waals surface area contributed by atoms with E-state index in [1.165, 1.54) is 0 Å². The average Bonchev–Trinajstić information content (AvgIpc) is 2.54. The summed E-state index contributed by atoms with van der Waals surface area (Å²) in [6, 6.07) is 7.52. The number of rotatable bonds is 6. The van der Waals surface area contributed by atoms with Gasteiger partial charge in [-0.1, -0.05) is 12.1 Å². The van der Waals surface area contributed by atoms with Crippen LogP contribution in [0.1, 0.15) is 25.3 Å². The topological polar surface area (TPSA) is 73.6 Å². The second kappa shape index (κ2) is 8.12. The molecule has 1 unspecified atom stereocenters. The van der Waals surface area contributed by atoms with Gasteiger partial charge in [0.05, 0.1) is 6.61 Å². The van der Waals surface area contributed by atoms with Crippen LogP contribution in [0.25, 0.3) is 0 Å². The molecule has 1 heterocycles. The second-order valence-corrected chi connectivity index (χ2v) is 5.42. The van der Waals surface area contributed by atoms with Crippen molar-refractivity contribution in [3.63, 3.8) is 0 Å². The summed E-state index contributed by atoms with van der Waals surface area (Å²) < 4.78 is 11.0. The Labute approximate surface area is 125 Å². The van der Waals surface area contributed by atoms with Crippen LogP contribution in [0.3, 0.4) is 0 Å². The Morgan fingerprint density at radius 2 is 2.05 bits per heavy atom. The molecule has 1 saturated heterocycles. The largest absolute Gasteiger partial charge is 0.381 e. The van der Waals surface area contributed by atoms with E-state index in [-0.39, 0.29) is 5.91 Å². The minimum absolute atomic E-state index is 0.123. The van der Waals surface area contributed by atoms with Gasteiger partial charge < -0.3 is 20.5 Å². The van der Waals surface area contributed by atoms with E-state index >= 15 is 0 Å². The summed E-state index contributed by atoms with van der Waals surface area (Å²) in [5.41, 5.74) is 7.34. The molecular weight excluding hydrogens is 268 g/mol. The van der Waals surface area contributed by atoms with Gasteiger partial charge in [0, 0.05) is 25.4 Å². The normalized spacial score (nSPS) is 17.4. The molecule has 5 heteroatoms. The number of amides is 1. The van der Waals surface area contributed by atoms with Crippen LogP contribution >= 0.6 is 0 Å². The van der Waals surface area contributed by atoms with Crippen LogP contribution in [-0.4, -0.2) is 31.8 Å². The maximum atomic E-state index is 12.1. The predicted octanol–water partition coefficient (Wildman–Crippen LogP) is 1.92. The molecule has 0 aromatic heterocycles. The molecule has 2 rings (SSSR count). The molecule has 1 atom stereocenters. The predicted molar refractivity (Wildman–Crippen MR) is 81.9 cm³/mol. The van der Waals surface area contributed by atoms with Gasteiger partial charge in [-0.25, -0.2) is 0 Å². The fraction of sp³-hybridized carbons (Fsp3) is 0.562. The lowest BCUT2D eigenvalue weighted by atomic mass is 10.0. The summed E-state index contributed by atoms with van der Waals surface area (Å²) in [5.74, 6) is 0.375. The van der Waals surface area contributed by atoms with Crippen LogP contribution in [-0.2, 0) is 20.8 Å². The zero-order chi connectivity index (χ0) is 15.1. The van der Waals surface area contributed by atoms with Crippen LogP contribution in [0, 0.1) is 5.92 Å². The van der Waals surface area contributed by atoms with Crippen molar-refractivity contribution in [2.24, 2.45) is 11.7 Å². The molecule has 1 aromatic rings. The van der Waals surface area contributed by atoms with Gasteiger partial charge in [0.15, 0.2) is 0 Å². The summed E-state index contributed by atoms with van der Waals surface area (Å²) >= 11 is 0. The van der Waals surface area contributed by atoms with E-state index in [0.717, 1.165) is 37.3 Å². The fourth-order valence-corrected chi connectivity index (χ4v) is 2.24. The van der Waals surface area contributed by atoms with Gasteiger partial charge in [-0.2, -0.15) is 0 Å². The number of nitrogens with two attached hydrogens (primary N) is 1. The van der Waals surface area contributed by atoms with Crippen LogP contribution < -0.4 is 11.1 Å². The van der Waals surface area contributed by atoms with Gasteiger partial charge in [-0.3, -0.25) is 4.79 Å². The number of hydrogen-bond acceptors (Lipinski definition) is 4. The molecule has 0 saturated carbocycles.